The van der Waals surface area contributed by atoms with Crippen LogP contribution in [0.25, 0.3) is 0 Å². The van der Waals surface area contributed by atoms with Crippen LogP contribution in [0.15, 0.2) is 30.3 Å². The molecule has 2 amide bonds. The fourth-order valence-corrected chi connectivity index (χ4v) is 3.70. The molecule has 2 aliphatic rings. The van der Waals surface area contributed by atoms with Crippen molar-refractivity contribution in [3.05, 3.63) is 35.9 Å². The van der Waals surface area contributed by atoms with E-state index in [1.807, 2.05) is 11.0 Å². The Bertz CT molecular complexity index is 554. The number of carbonyl (C=O) groups is 2. The van der Waals surface area contributed by atoms with Crippen molar-refractivity contribution in [2.75, 3.05) is 13.1 Å². The lowest BCUT2D eigenvalue weighted by Crippen LogP contribution is -2.44. The minimum absolute atomic E-state index is 0.0456. The molecule has 3 rings (SSSR count). The van der Waals surface area contributed by atoms with Gasteiger partial charge < -0.3 is 10.2 Å². The Morgan fingerprint density at radius 2 is 1.96 bits per heavy atom. The molecule has 23 heavy (non-hydrogen) atoms. The molecule has 1 aliphatic carbocycles. The zero-order chi connectivity index (χ0) is 16.2. The summed E-state index contributed by atoms with van der Waals surface area (Å²) < 4.78 is 0. The second-order valence-corrected chi connectivity index (χ2v) is 6.71. The standard InChI is InChI=1S/C19H26N2O2/c1-2-16(14-7-4-3-5-8-14)17-9-6-12-21(17)18(22)13-20-19(23)15-10-11-15/h3-5,7-8,15-17H,2,6,9-13H2,1H3,(H,20,23)/t16-,17+/m0/s1. The third-order valence-electron chi connectivity index (χ3n) is 5.11. The van der Waals surface area contributed by atoms with Crippen LogP contribution in [0.3, 0.4) is 0 Å². The Kier molecular flexibility index (Phi) is 4.99. The highest BCUT2D eigenvalue weighted by atomic mass is 16.2. The quantitative estimate of drug-likeness (QED) is 0.877. The van der Waals surface area contributed by atoms with E-state index >= 15 is 0 Å². The summed E-state index contributed by atoms with van der Waals surface area (Å²) in [5, 5.41) is 2.81. The topological polar surface area (TPSA) is 49.4 Å². The maximum atomic E-state index is 12.6. The molecule has 0 aromatic heterocycles. The number of benzene rings is 1. The van der Waals surface area contributed by atoms with Crippen LogP contribution in [0, 0.1) is 5.92 Å². The average molecular weight is 314 g/mol. The van der Waals surface area contributed by atoms with Gasteiger partial charge in [0, 0.05) is 24.4 Å². The molecule has 1 heterocycles. The average Bonchev–Trinajstić information content (AvgIpc) is 3.33. The predicted molar refractivity (Wildman–Crippen MR) is 89.9 cm³/mol. The minimum atomic E-state index is 0.0456. The SMILES string of the molecule is CC[C@@H](c1ccccc1)[C@H]1CCCN1C(=O)CNC(=O)C1CC1. The van der Waals surface area contributed by atoms with Crippen molar-refractivity contribution in [1.82, 2.24) is 10.2 Å². The van der Waals surface area contributed by atoms with Crippen LogP contribution in [0.5, 0.6) is 0 Å². The van der Waals surface area contributed by atoms with Crippen LogP contribution in [-0.4, -0.2) is 35.8 Å². The summed E-state index contributed by atoms with van der Waals surface area (Å²) in [6.45, 7) is 3.15. The van der Waals surface area contributed by atoms with Crippen molar-refractivity contribution in [3.8, 4) is 0 Å². The Morgan fingerprint density at radius 1 is 1.22 bits per heavy atom. The number of nitrogens with one attached hydrogen (secondary N) is 1. The van der Waals surface area contributed by atoms with Gasteiger partial charge in [0.15, 0.2) is 0 Å². The molecule has 1 saturated carbocycles. The van der Waals surface area contributed by atoms with Crippen molar-refractivity contribution in [3.63, 3.8) is 0 Å². The highest BCUT2D eigenvalue weighted by Crippen LogP contribution is 2.33. The van der Waals surface area contributed by atoms with E-state index in [1.54, 1.807) is 0 Å². The normalized spacial score (nSPS) is 22.0. The molecule has 124 valence electrons. The Labute approximate surface area is 138 Å². The maximum Gasteiger partial charge on any atom is 0.242 e. The summed E-state index contributed by atoms with van der Waals surface area (Å²) in [7, 11) is 0. The van der Waals surface area contributed by atoms with E-state index in [0.717, 1.165) is 38.6 Å². The van der Waals surface area contributed by atoms with Crippen molar-refractivity contribution >= 4 is 11.8 Å². The van der Waals surface area contributed by atoms with Gasteiger partial charge in [0.05, 0.1) is 6.54 Å². The first-order valence-electron chi connectivity index (χ1n) is 8.82. The molecule has 0 bridgehead atoms. The Hall–Kier alpha value is -1.84. The fourth-order valence-electron chi connectivity index (χ4n) is 3.70. The lowest BCUT2D eigenvalue weighted by molar-refractivity contribution is -0.134. The van der Waals surface area contributed by atoms with E-state index in [2.05, 4.69) is 36.5 Å². The van der Waals surface area contributed by atoms with Gasteiger partial charge >= 0.3 is 0 Å². The summed E-state index contributed by atoms with van der Waals surface area (Å²) in [4.78, 5) is 26.3. The zero-order valence-corrected chi connectivity index (χ0v) is 13.8. The van der Waals surface area contributed by atoms with Crippen LogP contribution in [-0.2, 0) is 9.59 Å². The Balaban J connectivity index is 1.63. The summed E-state index contributed by atoms with van der Waals surface area (Å²) in [5.41, 5.74) is 1.31. The summed E-state index contributed by atoms with van der Waals surface area (Å²) in [6, 6.07) is 10.7. The molecule has 1 N–H and O–H groups in total. The molecule has 0 radical (unpaired) electrons. The maximum absolute atomic E-state index is 12.6. The van der Waals surface area contributed by atoms with E-state index in [1.165, 1.54) is 5.56 Å². The molecular formula is C19H26N2O2. The van der Waals surface area contributed by atoms with Gasteiger partial charge in [-0.25, -0.2) is 0 Å². The van der Waals surface area contributed by atoms with E-state index in [0.29, 0.717) is 5.92 Å². The van der Waals surface area contributed by atoms with E-state index in [9.17, 15) is 9.59 Å². The lowest BCUT2D eigenvalue weighted by atomic mass is 9.87. The number of amides is 2. The molecule has 2 atom stereocenters. The molecule has 4 heteroatoms. The largest absolute Gasteiger partial charge is 0.347 e. The number of hydrogen-bond donors (Lipinski definition) is 1. The van der Waals surface area contributed by atoms with Gasteiger partial charge in [-0.05, 0) is 37.7 Å². The highest BCUT2D eigenvalue weighted by Gasteiger charge is 2.35. The fraction of sp³-hybridized carbons (Fsp3) is 0.579. The third kappa shape index (κ3) is 3.74. The molecule has 0 spiro atoms. The van der Waals surface area contributed by atoms with Crippen LogP contribution >= 0.6 is 0 Å². The third-order valence-corrected chi connectivity index (χ3v) is 5.11. The second-order valence-electron chi connectivity index (χ2n) is 6.71. The van der Waals surface area contributed by atoms with Crippen LogP contribution < -0.4 is 5.32 Å². The summed E-state index contributed by atoms with van der Waals surface area (Å²) >= 11 is 0. The minimum Gasteiger partial charge on any atom is -0.347 e. The first kappa shape index (κ1) is 16.0. The van der Waals surface area contributed by atoms with Gasteiger partial charge in [-0.1, -0.05) is 37.3 Å². The zero-order valence-electron chi connectivity index (χ0n) is 13.8. The van der Waals surface area contributed by atoms with Gasteiger partial charge in [0.2, 0.25) is 11.8 Å². The van der Waals surface area contributed by atoms with E-state index in [4.69, 9.17) is 0 Å². The number of likely N-dealkylation sites (tertiary alicyclic amines) is 1. The van der Waals surface area contributed by atoms with Crippen molar-refractivity contribution < 1.29 is 9.59 Å². The molecular weight excluding hydrogens is 288 g/mol. The van der Waals surface area contributed by atoms with Crippen molar-refractivity contribution in [1.29, 1.82) is 0 Å². The van der Waals surface area contributed by atoms with Gasteiger partial charge in [-0.2, -0.15) is 0 Å². The first-order chi connectivity index (χ1) is 11.2. The summed E-state index contributed by atoms with van der Waals surface area (Å²) in [6.07, 6.45) is 5.06. The summed E-state index contributed by atoms with van der Waals surface area (Å²) in [5.74, 6) is 0.645. The van der Waals surface area contributed by atoms with E-state index in [-0.39, 0.29) is 30.3 Å². The number of rotatable bonds is 6. The first-order valence-corrected chi connectivity index (χ1v) is 8.82. The van der Waals surface area contributed by atoms with Crippen molar-refractivity contribution in [2.45, 2.75) is 51.0 Å². The van der Waals surface area contributed by atoms with E-state index < -0.39 is 0 Å². The molecule has 1 aromatic carbocycles. The number of nitrogens with zero attached hydrogens (tertiary/aromatic N) is 1. The van der Waals surface area contributed by atoms with Crippen LogP contribution in [0.1, 0.15) is 50.5 Å². The second kappa shape index (κ2) is 7.16. The van der Waals surface area contributed by atoms with Gasteiger partial charge in [0.25, 0.3) is 0 Å². The van der Waals surface area contributed by atoms with Gasteiger partial charge in [-0.15, -0.1) is 0 Å². The van der Waals surface area contributed by atoms with Crippen LogP contribution in [0.4, 0.5) is 0 Å². The van der Waals surface area contributed by atoms with Gasteiger partial charge in [-0.3, -0.25) is 9.59 Å². The molecule has 4 nitrogen and oxygen atoms in total. The molecule has 2 fully saturated rings. The number of carbonyl (C=O) groups excluding carboxylic acids is 2. The predicted octanol–water partition coefficient (Wildman–Crippen LogP) is 2.70. The molecule has 0 unspecified atom stereocenters. The monoisotopic (exact) mass is 314 g/mol. The smallest absolute Gasteiger partial charge is 0.242 e. The lowest BCUT2D eigenvalue weighted by Gasteiger charge is -2.31. The highest BCUT2D eigenvalue weighted by molar-refractivity contribution is 5.87. The Morgan fingerprint density at radius 3 is 2.61 bits per heavy atom. The molecule has 1 saturated heterocycles. The van der Waals surface area contributed by atoms with Gasteiger partial charge in [0.1, 0.15) is 0 Å². The van der Waals surface area contributed by atoms with Crippen molar-refractivity contribution in [2.24, 2.45) is 5.92 Å². The molecule has 1 aliphatic heterocycles. The molecule has 1 aromatic rings. The number of hydrogen-bond acceptors (Lipinski definition) is 2. The van der Waals surface area contributed by atoms with Crippen LogP contribution in [0.2, 0.25) is 0 Å².